The van der Waals surface area contributed by atoms with Gasteiger partial charge in [-0.2, -0.15) is 0 Å². The van der Waals surface area contributed by atoms with E-state index >= 15 is 0 Å². The summed E-state index contributed by atoms with van der Waals surface area (Å²) in [6.07, 6.45) is 9.67. The first-order valence-corrected chi connectivity index (χ1v) is 8.24. The number of hydrogen-bond donors (Lipinski definition) is 1. The van der Waals surface area contributed by atoms with Gasteiger partial charge in [-0.3, -0.25) is 4.79 Å². The Labute approximate surface area is 146 Å². The minimum Gasteiger partial charge on any atom is -0.382 e. The number of imidazole rings is 1. The fourth-order valence-corrected chi connectivity index (χ4v) is 2.96. The number of rotatable bonds is 2. The summed E-state index contributed by atoms with van der Waals surface area (Å²) in [7, 11) is 0. The number of amides is 1. The molecule has 7 nitrogen and oxygen atoms in total. The van der Waals surface area contributed by atoms with Crippen LogP contribution in [0.15, 0.2) is 6.33 Å². The predicted octanol–water partition coefficient (Wildman–Crippen LogP) is 1.04. The molecule has 2 aromatic heterocycles. The number of nitrogens with zero attached hydrogens (tertiary/aromatic N) is 5. The van der Waals surface area contributed by atoms with Gasteiger partial charge in [0.25, 0.3) is 0 Å². The van der Waals surface area contributed by atoms with Crippen LogP contribution in [0, 0.1) is 30.1 Å². The maximum absolute atomic E-state index is 11.3. The van der Waals surface area contributed by atoms with Crippen molar-refractivity contribution >= 4 is 22.9 Å². The molecule has 0 aromatic carbocycles. The molecular formula is C18H20N6O. The molecule has 1 aliphatic rings. The first kappa shape index (κ1) is 16.8. The highest BCUT2D eigenvalue weighted by Crippen LogP contribution is 2.20. The van der Waals surface area contributed by atoms with Gasteiger partial charge < -0.3 is 15.2 Å². The standard InChI is InChI=1S/C18H20N6O/c1-3-9-24-12-20-16-17(19)21-15(22-18(16)24)6-4-5-14-7-10-23(11-8-14)13(2)25/h1,12,14H,5,7-11H2,2H3,(H2,19,21,22). The SMILES string of the molecule is C#CCn1cnc2c(N)nc(C#CCC3CCN(C(C)=O)CC3)nc21. The van der Waals surface area contributed by atoms with E-state index in [0.29, 0.717) is 35.3 Å². The predicted molar refractivity (Wildman–Crippen MR) is 95.0 cm³/mol. The number of piperidine rings is 1. The van der Waals surface area contributed by atoms with Gasteiger partial charge in [0.05, 0.1) is 12.9 Å². The van der Waals surface area contributed by atoms with Crippen molar-refractivity contribution in [2.24, 2.45) is 5.92 Å². The van der Waals surface area contributed by atoms with Gasteiger partial charge in [0.1, 0.15) is 5.52 Å². The molecule has 2 aromatic rings. The molecular weight excluding hydrogens is 316 g/mol. The third-order valence-corrected chi connectivity index (χ3v) is 4.40. The van der Waals surface area contributed by atoms with Crippen LogP contribution in [-0.2, 0) is 11.3 Å². The van der Waals surface area contributed by atoms with Gasteiger partial charge in [0.15, 0.2) is 11.5 Å². The second-order valence-electron chi connectivity index (χ2n) is 6.14. The molecule has 0 spiro atoms. The minimum absolute atomic E-state index is 0.144. The molecule has 0 bridgehead atoms. The first-order chi connectivity index (χ1) is 12.1. The molecule has 0 saturated carbocycles. The summed E-state index contributed by atoms with van der Waals surface area (Å²) < 4.78 is 1.75. The zero-order valence-electron chi connectivity index (χ0n) is 14.2. The van der Waals surface area contributed by atoms with E-state index in [4.69, 9.17) is 12.2 Å². The van der Waals surface area contributed by atoms with Gasteiger partial charge in [-0.05, 0) is 24.7 Å². The molecule has 0 unspecified atom stereocenters. The molecule has 0 aliphatic carbocycles. The summed E-state index contributed by atoms with van der Waals surface area (Å²) in [5, 5.41) is 0. The van der Waals surface area contributed by atoms with Crippen molar-refractivity contribution in [2.75, 3.05) is 18.8 Å². The Hall–Kier alpha value is -3.06. The number of hydrogen-bond acceptors (Lipinski definition) is 5. The van der Waals surface area contributed by atoms with Crippen LogP contribution in [0.2, 0.25) is 0 Å². The molecule has 128 valence electrons. The zero-order valence-corrected chi connectivity index (χ0v) is 14.2. The number of likely N-dealkylation sites (tertiary alicyclic amines) is 1. The van der Waals surface area contributed by atoms with Crippen molar-refractivity contribution in [3.8, 4) is 24.2 Å². The molecule has 25 heavy (non-hydrogen) atoms. The lowest BCUT2D eigenvalue weighted by Crippen LogP contribution is -2.36. The molecule has 1 saturated heterocycles. The van der Waals surface area contributed by atoms with Crippen LogP contribution in [0.1, 0.15) is 32.0 Å². The highest BCUT2D eigenvalue weighted by Gasteiger charge is 2.19. The largest absolute Gasteiger partial charge is 0.382 e. The average Bonchev–Trinajstić information content (AvgIpc) is 2.99. The number of carbonyl (C=O) groups is 1. The van der Waals surface area contributed by atoms with E-state index in [1.165, 1.54) is 0 Å². The van der Waals surface area contributed by atoms with E-state index in [2.05, 4.69) is 32.7 Å². The van der Waals surface area contributed by atoms with Crippen molar-refractivity contribution in [3.05, 3.63) is 12.2 Å². The van der Waals surface area contributed by atoms with E-state index in [-0.39, 0.29) is 5.91 Å². The number of aromatic nitrogens is 4. The summed E-state index contributed by atoms with van der Waals surface area (Å²) in [5.74, 6) is 10.0. The minimum atomic E-state index is 0.144. The number of fused-ring (bicyclic) bond motifs is 1. The van der Waals surface area contributed by atoms with Gasteiger partial charge in [0.2, 0.25) is 11.7 Å². The molecule has 0 radical (unpaired) electrons. The monoisotopic (exact) mass is 336 g/mol. The Morgan fingerprint density at radius 1 is 1.40 bits per heavy atom. The van der Waals surface area contributed by atoms with E-state index in [1.807, 2.05) is 4.90 Å². The van der Waals surface area contributed by atoms with E-state index in [1.54, 1.807) is 17.8 Å². The lowest BCUT2D eigenvalue weighted by atomic mass is 9.94. The molecule has 1 amide bonds. The molecule has 1 aliphatic heterocycles. The van der Waals surface area contributed by atoms with Crippen molar-refractivity contribution in [1.82, 2.24) is 24.4 Å². The molecule has 7 heteroatoms. The Kier molecular flexibility index (Phi) is 4.85. The lowest BCUT2D eigenvalue weighted by molar-refractivity contribution is -0.130. The van der Waals surface area contributed by atoms with Gasteiger partial charge in [-0.15, -0.1) is 6.42 Å². The summed E-state index contributed by atoms with van der Waals surface area (Å²) in [5.41, 5.74) is 7.08. The molecule has 3 rings (SSSR count). The first-order valence-electron chi connectivity index (χ1n) is 8.24. The van der Waals surface area contributed by atoms with Gasteiger partial charge in [-0.1, -0.05) is 11.8 Å². The molecule has 2 N–H and O–H groups in total. The van der Waals surface area contributed by atoms with E-state index in [0.717, 1.165) is 32.4 Å². The number of nitrogen functional groups attached to an aromatic ring is 1. The zero-order chi connectivity index (χ0) is 17.8. The van der Waals surface area contributed by atoms with Crippen LogP contribution < -0.4 is 5.73 Å². The second-order valence-corrected chi connectivity index (χ2v) is 6.14. The van der Waals surface area contributed by atoms with Crippen LogP contribution in [0.25, 0.3) is 11.2 Å². The van der Waals surface area contributed by atoms with Crippen LogP contribution in [0.3, 0.4) is 0 Å². The lowest BCUT2D eigenvalue weighted by Gasteiger charge is -2.30. The number of terminal acetylenes is 1. The number of anilines is 1. The Morgan fingerprint density at radius 3 is 2.84 bits per heavy atom. The smallest absolute Gasteiger partial charge is 0.219 e. The Morgan fingerprint density at radius 2 is 2.16 bits per heavy atom. The van der Waals surface area contributed by atoms with Gasteiger partial charge in [0, 0.05) is 26.4 Å². The van der Waals surface area contributed by atoms with Crippen molar-refractivity contribution in [3.63, 3.8) is 0 Å². The molecule has 0 atom stereocenters. The van der Waals surface area contributed by atoms with Gasteiger partial charge >= 0.3 is 0 Å². The Balaban J connectivity index is 1.70. The highest BCUT2D eigenvalue weighted by atomic mass is 16.2. The topological polar surface area (TPSA) is 89.9 Å². The third kappa shape index (κ3) is 3.72. The van der Waals surface area contributed by atoms with Crippen LogP contribution in [-0.4, -0.2) is 43.4 Å². The second kappa shape index (κ2) is 7.23. The summed E-state index contributed by atoms with van der Waals surface area (Å²) >= 11 is 0. The maximum Gasteiger partial charge on any atom is 0.219 e. The van der Waals surface area contributed by atoms with Crippen LogP contribution in [0.5, 0.6) is 0 Å². The number of nitrogens with two attached hydrogens (primary N) is 1. The maximum atomic E-state index is 11.3. The van der Waals surface area contributed by atoms with Crippen molar-refractivity contribution in [1.29, 1.82) is 0 Å². The quantitative estimate of drug-likeness (QED) is 0.828. The fourth-order valence-electron chi connectivity index (χ4n) is 2.96. The third-order valence-electron chi connectivity index (χ3n) is 4.40. The fraction of sp³-hybridized carbons (Fsp3) is 0.444. The van der Waals surface area contributed by atoms with Gasteiger partial charge in [-0.25, -0.2) is 15.0 Å². The number of carbonyl (C=O) groups excluding carboxylic acids is 1. The summed E-state index contributed by atoms with van der Waals surface area (Å²) in [4.78, 5) is 26.0. The highest BCUT2D eigenvalue weighted by molar-refractivity contribution is 5.82. The van der Waals surface area contributed by atoms with Crippen molar-refractivity contribution < 1.29 is 4.79 Å². The summed E-state index contributed by atoms with van der Waals surface area (Å²) in [6.45, 7) is 3.60. The summed E-state index contributed by atoms with van der Waals surface area (Å²) in [6, 6.07) is 0. The van der Waals surface area contributed by atoms with E-state index in [9.17, 15) is 4.79 Å². The van der Waals surface area contributed by atoms with E-state index < -0.39 is 0 Å². The van der Waals surface area contributed by atoms with Crippen LogP contribution >= 0.6 is 0 Å². The average molecular weight is 336 g/mol. The van der Waals surface area contributed by atoms with Crippen LogP contribution in [0.4, 0.5) is 5.82 Å². The normalized spacial score (nSPS) is 14.8. The molecule has 1 fully saturated rings. The molecule has 3 heterocycles. The Bertz CT molecular complexity index is 890. The van der Waals surface area contributed by atoms with Crippen molar-refractivity contribution in [2.45, 2.75) is 32.7 Å².